The van der Waals surface area contributed by atoms with Gasteiger partial charge in [0, 0.05) is 12.1 Å². The molecule has 0 aliphatic carbocycles. The number of methoxy groups -OCH3 is 2. The smallest absolute Gasteiger partial charge is 0.343 e. The van der Waals surface area contributed by atoms with Crippen molar-refractivity contribution in [1.82, 2.24) is 5.32 Å². The van der Waals surface area contributed by atoms with Crippen LogP contribution in [-0.4, -0.2) is 32.3 Å². The van der Waals surface area contributed by atoms with Gasteiger partial charge in [-0.3, -0.25) is 0 Å². The average molecular weight is 281 g/mol. The van der Waals surface area contributed by atoms with E-state index in [2.05, 4.69) is 30.8 Å². The van der Waals surface area contributed by atoms with Crippen LogP contribution in [0, 0.1) is 0 Å². The number of ether oxygens (including phenoxy) is 3. The highest BCUT2D eigenvalue weighted by atomic mass is 16.6. The van der Waals surface area contributed by atoms with Crippen molar-refractivity contribution in [3.63, 3.8) is 0 Å². The molecule has 5 nitrogen and oxygen atoms in total. The van der Waals surface area contributed by atoms with Gasteiger partial charge in [0.1, 0.15) is 0 Å². The normalized spacial score (nSPS) is 11.1. The van der Waals surface area contributed by atoms with Crippen molar-refractivity contribution < 1.29 is 19.0 Å². The fraction of sp³-hybridized carbons (Fsp3) is 0.533. The van der Waals surface area contributed by atoms with Crippen molar-refractivity contribution in [2.24, 2.45) is 0 Å². The third-order valence-corrected chi connectivity index (χ3v) is 2.62. The molecule has 0 fully saturated rings. The maximum absolute atomic E-state index is 11.1. The van der Waals surface area contributed by atoms with E-state index in [1.54, 1.807) is 13.2 Å². The second-order valence-corrected chi connectivity index (χ2v) is 5.45. The van der Waals surface area contributed by atoms with Crippen molar-refractivity contribution in [2.75, 3.05) is 20.8 Å². The molecule has 0 atom stereocenters. The molecule has 0 aliphatic heterocycles. The number of hydrogen-bond acceptors (Lipinski definition) is 5. The lowest BCUT2D eigenvalue weighted by Gasteiger charge is -2.21. The Bertz CT molecular complexity index is 452. The molecule has 0 unspecified atom stereocenters. The molecule has 0 spiro atoms. The minimum atomic E-state index is -0.425. The average Bonchev–Trinajstić information content (AvgIpc) is 2.41. The van der Waals surface area contributed by atoms with E-state index in [1.165, 1.54) is 7.11 Å². The first-order valence-corrected chi connectivity index (χ1v) is 6.47. The van der Waals surface area contributed by atoms with Crippen LogP contribution in [0.25, 0.3) is 0 Å². The lowest BCUT2D eigenvalue weighted by molar-refractivity contribution is -0.142. The molecular weight excluding hydrogens is 258 g/mol. The number of esters is 1. The zero-order valence-electron chi connectivity index (χ0n) is 12.8. The molecule has 0 amide bonds. The SMILES string of the molecule is COC(=O)COc1ccc(CNC(C)(C)C)cc1OC. The summed E-state index contributed by atoms with van der Waals surface area (Å²) >= 11 is 0. The van der Waals surface area contributed by atoms with Gasteiger partial charge in [0.05, 0.1) is 14.2 Å². The molecule has 20 heavy (non-hydrogen) atoms. The molecular formula is C15H23NO4. The summed E-state index contributed by atoms with van der Waals surface area (Å²) in [4.78, 5) is 11.1. The van der Waals surface area contributed by atoms with Gasteiger partial charge in [0.2, 0.25) is 0 Å². The summed E-state index contributed by atoms with van der Waals surface area (Å²) in [5, 5.41) is 3.40. The van der Waals surface area contributed by atoms with Gasteiger partial charge in [-0.2, -0.15) is 0 Å². The first-order chi connectivity index (χ1) is 9.35. The molecule has 1 aromatic rings. The Morgan fingerprint density at radius 3 is 2.45 bits per heavy atom. The molecule has 0 radical (unpaired) electrons. The van der Waals surface area contributed by atoms with Crippen LogP contribution < -0.4 is 14.8 Å². The van der Waals surface area contributed by atoms with Crippen molar-refractivity contribution in [1.29, 1.82) is 0 Å². The quantitative estimate of drug-likeness (QED) is 0.810. The maximum Gasteiger partial charge on any atom is 0.343 e. The van der Waals surface area contributed by atoms with Crippen LogP contribution in [0.5, 0.6) is 11.5 Å². The number of hydrogen-bond donors (Lipinski definition) is 1. The topological polar surface area (TPSA) is 56.8 Å². The Labute approximate surface area is 120 Å². The molecule has 0 aromatic heterocycles. The Morgan fingerprint density at radius 2 is 1.90 bits per heavy atom. The van der Waals surface area contributed by atoms with E-state index in [-0.39, 0.29) is 12.1 Å². The first kappa shape index (κ1) is 16.3. The molecule has 0 bridgehead atoms. The summed E-state index contributed by atoms with van der Waals surface area (Å²) in [6.45, 7) is 6.93. The summed E-state index contributed by atoms with van der Waals surface area (Å²) in [5.74, 6) is 0.699. The number of benzene rings is 1. The number of nitrogens with one attached hydrogen (secondary N) is 1. The molecule has 112 valence electrons. The third kappa shape index (κ3) is 5.48. The maximum atomic E-state index is 11.1. The zero-order chi connectivity index (χ0) is 15.2. The van der Waals surface area contributed by atoms with Crippen LogP contribution in [0.15, 0.2) is 18.2 Å². The second kappa shape index (κ2) is 7.14. The number of carbonyl (C=O) groups excluding carboxylic acids is 1. The van der Waals surface area contributed by atoms with Gasteiger partial charge in [0.15, 0.2) is 18.1 Å². The van der Waals surface area contributed by atoms with Crippen molar-refractivity contribution in [2.45, 2.75) is 32.9 Å². The largest absolute Gasteiger partial charge is 0.493 e. The Kier molecular flexibility index (Phi) is 5.82. The van der Waals surface area contributed by atoms with E-state index in [1.807, 2.05) is 12.1 Å². The fourth-order valence-electron chi connectivity index (χ4n) is 1.50. The molecule has 0 heterocycles. The van der Waals surface area contributed by atoms with Gasteiger partial charge < -0.3 is 19.5 Å². The van der Waals surface area contributed by atoms with Gasteiger partial charge in [-0.05, 0) is 38.5 Å². The van der Waals surface area contributed by atoms with Crippen molar-refractivity contribution in [3.05, 3.63) is 23.8 Å². The van der Waals surface area contributed by atoms with E-state index >= 15 is 0 Å². The predicted molar refractivity (Wildman–Crippen MR) is 77.1 cm³/mol. The molecule has 1 N–H and O–H groups in total. The molecule has 0 saturated carbocycles. The van der Waals surface area contributed by atoms with Crippen LogP contribution in [0.3, 0.4) is 0 Å². The third-order valence-electron chi connectivity index (χ3n) is 2.62. The van der Waals surface area contributed by atoms with E-state index in [0.29, 0.717) is 11.5 Å². The van der Waals surface area contributed by atoms with E-state index in [4.69, 9.17) is 9.47 Å². The summed E-state index contributed by atoms with van der Waals surface area (Å²) < 4.78 is 15.2. The van der Waals surface area contributed by atoms with E-state index in [9.17, 15) is 4.79 Å². The van der Waals surface area contributed by atoms with Gasteiger partial charge in [-0.1, -0.05) is 6.07 Å². The molecule has 1 aromatic carbocycles. The lowest BCUT2D eigenvalue weighted by atomic mass is 10.1. The van der Waals surface area contributed by atoms with Crippen LogP contribution in [-0.2, 0) is 16.1 Å². The number of carbonyl (C=O) groups is 1. The molecule has 0 aliphatic rings. The minimum absolute atomic E-state index is 0.0489. The van der Waals surface area contributed by atoms with Gasteiger partial charge in [-0.25, -0.2) is 4.79 Å². The second-order valence-electron chi connectivity index (χ2n) is 5.45. The summed E-state index contributed by atoms with van der Waals surface area (Å²) in [6, 6.07) is 5.63. The minimum Gasteiger partial charge on any atom is -0.493 e. The molecule has 0 saturated heterocycles. The summed E-state index contributed by atoms with van der Waals surface area (Å²) in [6.07, 6.45) is 0. The highest BCUT2D eigenvalue weighted by Gasteiger charge is 2.11. The monoisotopic (exact) mass is 281 g/mol. The highest BCUT2D eigenvalue weighted by Crippen LogP contribution is 2.28. The first-order valence-electron chi connectivity index (χ1n) is 6.47. The van der Waals surface area contributed by atoms with Crippen LogP contribution >= 0.6 is 0 Å². The van der Waals surface area contributed by atoms with Crippen LogP contribution in [0.4, 0.5) is 0 Å². The van der Waals surface area contributed by atoms with Crippen molar-refractivity contribution >= 4 is 5.97 Å². The standard InChI is InChI=1S/C15H23NO4/c1-15(2,3)16-9-11-6-7-12(13(8-11)18-4)20-10-14(17)19-5/h6-8,16H,9-10H2,1-5H3. The fourth-order valence-corrected chi connectivity index (χ4v) is 1.50. The van der Waals surface area contributed by atoms with Gasteiger partial charge in [0.25, 0.3) is 0 Å². The number of rotatable bonds is 6. The highest BCUT2D eigenvalue weighted by molar-refractivity contribution is 5.71. The molecule has 1 rings (SSSR count). The summed E-state index contributed by atoms with van der Waals surface area (Å²) in [5.41, 5.74) is 1.13. The summed E-state index contributed by atoms with van der Waals surface area (Å²) in [7, 11) is 2.89. The van der Waals surface area contributed by atoms with E-state index < -0.39 is 5.97 Å². The van der Waals surface area contributed by atoms with Crippen LogP contribution in [0.2, 0.25) is 0 Å². The molecule has 5 heteroatoms. The van der Waals surface area contributed by atoms with Crippen LogP contribution in [0.1, 0.15) is 26.3 Å². The predicted octanol–water partition coefficient (Wildman–Crippen LogP) is 2.14. The Balaban J connectivity index is 2.72. The zero-order valence-corrected chi connectivity index (χ0v) is 12.8. The van der Waals surface area contributed by atoms with Crippen molar-refractivity contribution in [3.8, 4) is 11.5 Å². The van der Waals surface area contributed by atoms with Gasteiger partial charge >= 0.3 is 5.97 Å². The van der Waals surface area contributed by atoms with Gasteiger partial charge in [-0.15, -0.1) is 0 Å². The Hall–Kier alpha value is -1.75. The van der Waals surface area contributed by atoms with E-state index in [0.717, 1.165) is 12.1 Å². The Morgan fingerprint density at radius 1 is 1.20 bits per heavy atom. The lowest BCUT2D eigenvalue weighted by Crippen LogP contribution is -2.35.